The molecular formula is C23H22FN5O. The lowest BCUT2D eigenvalue weighted by molar-refractivity contribution is 0.0779. The van der Waals surface area contributed by atoms with E-state index in [1.807, 2.05) is 30.5 Å². The normalized spacial score (nSPS) is 11.2. The number of amides is 1. The van der Waals surface area contributed by atoms with Gasteiger partial charge >= 0.3 is 0 Å². The van der Waals surface area contributed by atoms with Crippen molar-refractivity contribution >= 4 is 16.8 Å². The molecule has 6 nitrogen and oxygen atoms in total. The maximum atomic E-state index is 14.1. The first-order valence-corrected chi connectivity index (χ1v) is 9.72. The molecule has 152 valence electrons. The first-order valence-electron chi connectivity index (χ1n) is 9.72. The van der Waals surface area contributed by atoms with Crippen molar-refractivity contribution in [3.63, 3.8) is 0 Å². The van der Waals surface area contributed by atoms with Gasteiger partial charge in [0, 0.05) is 35.8 Å². The fourth-order valence-corrected chi connectivity index (χ4v) is 3.39. The van der Waals surface area contributed by atoms with Crippen LogP contribution in [0.2, 0.25) is 0 Å². The molecule has 2 heterocycles. The fourth-order valence-electron chi connectivity index (χ4n) is 3.39. The molecule has 4 rings (SSSR count). The number of fused-ring (bicyclic) bond motifs is 1. The van der Waals surface area contributed by atoms with Gasteiger partial charge in [-0.3, -0.25) is 9.78 Å². The zero-order valence-electron chi connectivity index (χ0n) is 17.1. The second kappa shape index (κ2) is 8.02. The molecule has 0 atom stereocenters. The van der Waals surface area contributed by atoms with Gasteiger partial charge in [-0.25, -0.2) is 4.39 Å². The minimum Gasteiger partial charge on any atom is -0.334 e. The van der Waals surface area contributed by atoms with E-state index < -0.39 is 0 Å². The highest BCUT2D eigenvalue weighted by Crippen LogP contribution is 2.25. The van der Waals surface area contributed by atoms with Crippen molar-refractivity contribution in [3.8, 4) is 11.1 Å². The van der Waals surface area contributed by atoms with E-state index in [0.717, 1.165) is 17.0 Å². The summed E-state index contributed by atoms with van der Waals surface area (Å²) in [5, 5.41) is 8.54. The van der Waals surface area contributed by atoms with Gasteiger partial charge in [-0.05, 0) is 49.7 Å². The highest BCUT2D eigenvalue weighted by atomic mass is 19.1. The molecule has 0 aliphatic carbocycles. The maximum absolute atomic E-state index is 14.1. The maximum Gasteiger partial charge on any atom is 0.254 e. The quantitative estimate of drug-likeness (QED) is 0.493. The number of carbonyl (C=O) groups excluding carboxylic acids is 1. The minimum absolute atomic E-state index is 0.109. The molecule has 0 N–H and O–H groups in total. The van der Waals surface area contributed by atoms with Crippen molar-refractivity contribution < 1.29 is 9.18 Å². The lowest BCUT2D eigenvalue weighted by atomic mass is 10.0. The molecule has 0 spiro atoms. The number of benzene rings is 2. The van der Waals surface area contributed by atoms with Gasteiger partial charge in [0.2, 0.25) is 0 Å². The molecule has 2 aromatic carbocycles. The van der Waals surface area contributed by atoms with E-state index in [2.05, 4.69) is 15.2 Å². The zero-order valence-corrected chi connectivity index (χ0v) is 17.1. The van der Waals surface area contributed by atoms with Crippen LogP contribution in [-0.2, 0) is 6.54 Å². The van der Waals surface area contributed by atoms with E-state index in [-0.39, 0.29) is 17.8 Å². The summed E-state index contributed by atoms with van der Waals surface area (Å²) in [7, 11) is 1.74. The van der Waals surface area contributed by atoms with Crippen LogP contribution in [0.1, 0.15) is 36.1 Å². The predicted octanol–water partition coefficient (Wildman–Crippen LogP) is 4.49. The number of pyridine rings is 1. The summed E-state index contributed by atoms with van der Waals surface area (Å²) in [4.78, 5) is 18.8. The van der Waals surface area contributed by atoms with Crippen LogP contribution >= 0.6 is 0 Å². The Morgan fingerprint density at radius 1 is 1.13 bits per heavy atom. The SMILES string of the molecule is CC(C)n1cnnc1CN(C)C(=O)c1ccc(-c2cnc3cccc(F)c3c2)cc1. The molecule has 1 amide bonds. The van der Waals surface area contributed by atoms with E-state index in [0.29, 0.717) is 23.0 Å². The van der Waals surface area contributed by atoms with Crippen molar-refractivity contribution in [2.45, 2.75) is 26.4 Å². The summed E-state index contributed by atoms with van der Waals surface area (Å²) in [5.41, 5.74) is 2.84. The molecular weight excluding hydrogens is 381 g/mol. The second-order valence-electron chi connectivity index (χ2n) is 7.52. The van der Waals surface area contributed by atoms with Crippen molar-refractivity contribution in [1.29, 1.82) is 0 Å². The molecule has 7 heteroatoms. The standard InChI is InChI=1S/C23H22FN5O/c1-15(2)29-14-26-27-22(29)13-28(3)23(30)17-9-7-16(8-10-17)18-11-19-20(24)5-4-6-21(19)25-12-18/h4-12,14-15H,13H2,1-3H3. The summed E-state index contributed by atoms with van der Waals surface area (Å²) in [6, 6.07) is 14.1. The molecule has 0 saturated heterocycles. The minimum atomic E-state index is -0.301. The van der Waals surface area contributed by atoms with E-state index in [9.17, 15) is 9.18 Å². The molecule has 0 fully saturated rings. The van der Waals surface area contributed by atoms with Gasteiger partial charge in [-0.15, -0.1) is 10.2 Å². The van der Waals surface area contributed by atoms with Crippen LogP contribution < -0.4 is 0 Å². The Morgan fingerprint density at radius 2 is 1.90 bits per heavy atom. The van der Waals surface area contributed by atoms with Crippen LogP contribution in [0.3, 0.4) is 0 Å². The number of aromatic nitrogens is 4. The van der Waals surface area contributed by atoms with Gasteiger partial charge in [0.1, 0.15) is 12.1 Å². The van der Waals surface area contributed by atoms with Crippen molar-refractivity contribution in [3.05, 3.63) is 78.3 Å². The summed E-state index contributed by atoms with van der Waals surface area (Å²) in [5.74, 6) is 0.328. The molecule has 4 aromatic rings. The van der Waals surface area contributed by atoms with E-state index in [4.69, 9.17) is 0 Å². The molecule has 2 aromatic heterocycles. The number of carbonyl (C=O) groups is 1. The average molecular weight is 403 g/mol. The van der Waals surface area contributed by atoms with Gasteiger partial charge in [0.05, 0.1) is 12.1 Å². The lowest BCUT2D eigenvalue weighted by Crippen LogP contribution is -2.28. The predicted molar refractivity (Wildman–Crippen MR) is 113 cm³/mol. The van der Waals surface area contributed by atoms with Crippen LogP contribution in [0.4, 0.5) is 4.39 Å². The highest BCUT2D eigenvalue weighted by Gasteiger charge is 2.16. The number of nitrogens with zero attached hydrogens (tertiary/aromatic N) is 5. The molecule has 30 heavy (non-hydrogen) atoms. The summed E-state index contributed by atoms with van der Waals surface area (Å²) in [6.45, 7) is 4.45. The van der Waals surface area contributed by atoms with Crippen LogP contribution in [0, 0.1) is 5.82 Å². The Kier molecular flexibility index (Phi) is 5.27. The zero-order chi connectivity index (χ0) is 21.3. The van der Waals surface area contributed by atoms with Crippen LogP contribution in [0.5, 0.6) is 0 Å². The Balaban J connectivity index is 1.53. The largest absolute Gasteiger partial charge is 0.334 e. The Morgan fingerprint density at radius 3 is 2.63 bits per heavy atom. The number of rotatable bonds is 5. The molecule has 0 saturated carbocycles. The summed E-state index contributed by atoms with van der Waals surface area (Å²) >= 11 is 0. The van der Waals surface area contributed by atoms with Gasteiger partial charge in [-0.1, -0.05) is 18.2 Å². The summed E-state index contributed by atoms with van der Waals surface area (Å²) in [6.07, 6.45) is 3.39. The van der Waals surface area contributed by atoms with Gasteiger partial charge in [0.25, 0.3) is 5.91 Å². The van der Waals surface area contributed by atoms with Crippen molar-refractivity contribution in [2.24, 2.45) is 0 Å². The topological polar surface area (TPSA) is 63.9 Å². The Bertz CT molecular complexity index is 1200. The van der Waals surface area contributed by atoms with Crippen LogP contribution in [0.25, 0.3) is 22.0 Å². The third-order valence-electron chi connectivity index (χ3n) is 5.07. The third kappa shape index (κ3) is 3.78. The first kappa shape index (κ1) is 19.7. The Hall–Kier alpha value is -3.61. The van der Waals surface area contributed by atoms with Gasteiger partial charge in [0.15, 0.2) is 5.82 Å². The van der Waals surface area contributed by atoms with Gasteiger partial charge < -0.3 is 9.47 Å². The molecule has 0 aliphatic rings. The first-order chi connectivity index (χ1) is 14.4. The van der Waals surface area contributed by atoms with Crippen LogP contribution in [-0.4, -0.2) is 37.6 Å². The smallest absolute Gasteiger partial charge is 0.254 e. The third-order valence-corrected chi connectivity index (χ3v) is 5.07. The number of hydrogen-bond acceptors (Lipinski definition) is 4. The summed E-state index contributed by atoms with van der Waals surface area (Å²) < 4.78 is 16.0. The molecule has 0 aliphatic heterocycles. The number of hydrogen-bond donors (Lipinski definition) is 0. The second-order valence-corrected chi connectivity index (χ2v) is 7.52. The average Bonchev–Trinajstić information content (AvgIpc) is 3.22. The fraction of sp³-hybridized carbons (Fsp3) is 0.217. The molecule has 0 bridgehead atoms. The van der Waals surface area contributed by atoms with Crippen molar-refractivity contribution in [1.82, 2.24) is 24.6 Å². The van der Waals surface area contributed by atoms with Crippen LogP contribution in [0.15, 0.2) is 61.1 Å². The van der Waals surface area contributed by atoms with Gasteiger partial charge in [-0.2, -0.15) is 0 Å². The molecule has 0 unspecified atom stereocenters. The monoisotopic (exact) mass is 403 g/mol. The number of halogens is 1. The Labute approximate surface area is 174 Å². The molecule has 0 radical (unpaired) electrons. The highest BCUT2D eigenvalue weighted by molar-refractivity contribution is 5.94. The van der Waals surface area contributed by atoms with E-state index in [1.54, 1.807) is 54.8 Å². The van der Waals surface area contributed by atoms with E-state index in [1.165, 1.54) is 6.07 Å². The van der Waals surface area contributed by atoms with E-state index >= 15 is 0 Å². The van der Waals surface area contributed by atoms with Crippen molar-refractivity contribution in [2.75, 3.05) is 7.05 Å². The lowest BCUT2D eigenvalue weighted by Gasteiger charge is -2.18.